The molecule has 11 heavy (non-hydrogen) atoms. The minimum absolute atomic E-state index is 0.405. The Bertz CT molecular complexity index is 210. The molecule has 1 N–H and O–H groups in total. The minimum atomic E-state index is 0.405. The van der Waals surface area contributed by atoms with Gasteiger partial charge in [0.05, 0.1) is 17.9 Å². The average Bonchev–Trinajstić information content (AvgIpc) is 2.06. The molecule has 0 bridgehead atoms. The zero-order chi connectivity index (χ0) is 8.10. The first kappa shape index (κ1) is 8.14. The summed E-state index contributed by atoms with van der Waals surface area (Å²) in [7, 11) is 0. The molecule has 0 saturated carbocycles. The molecule has 4 heteroatoms. The van der Waals surface area contributed by atoms with E-state index in [1.54, 1.807) is 0 Å². The largest absolute Gasteiger partial charge is 0.411 e. The highest BCUT2D eigenvalue weighted by Gasteiger charge is 2.05. The van der Waals surface area contributed by atoms with Crippen LogP contribution in [0, 0.1) is 0 Å². The normalized spacial score (nSPS) is 17.5. The Balaban J connectivity index is 2.70. The lowest BCUT2D eigenvalue weighted by atomic mass is 10.3. The van der Waals surface area contributed by atoms with Gasteiger partial charge in [0.15, 0.2) is 0 Å². The number of rotatable bonds is 2. The van der Waals surface area contributed by atoms with Crippen LogP contribution in [0.15, 0.2) is 29.1 Å². The molecule has 60 valence electrons. The van der Waals surface area contributed by atoms with Gasteiger partial charge in [-0.1, -0.05) is 17.3 Å². The fourth-order valence-corrected chi connectivity index (χ4v) is 1.10. The number of alkyl halides is 1. The molecule has 3 nitrogen and oxygen atoms in total. The van der Waals surface area contributed by atoms with Crippen molar-refractivity contribution >= 4 is 17.8 Å². The zero-order valence-electron chi connectivity index (χ0n) is 5.94. The van der Waals surface area contributed by atoms with E-state index in [0.717, 1.165) is 12.2 Å². The number of halogens is 1. The van der Waals surface area contributed by atoms with Crippen molar-refractivity contribution in [1.29, 1.82) is 0 Å². The van der Waals surface area contributed by atoms with E-state index < -0.39 is 0 Å². The highest BCUT2D eigenvalue weighted by Crippen LogP contribution is 2.07. The quantitative estimate of drug-likeness (QED) is 0.225. The van der Waals surface area contributed by atoms with E-state index in [1.807, 2.05) is 23.1 Å². The van der Waals surface area contributed by atoms with Gasteiger partial charge in [0.25, 0.3) is 0 Å². The summed E-state index contributed by atoms with van der Waals surface area (Å²) in [5.41, 5.74) is 0.824. The smallest absolute Gasteiger partial charge is 0.0932 e. The van der Waals surface area contributed by atoms with Gasteiger partial charge in [-0.15, -0.1) is 11.6 Å². The summed E-state index contributed by atoms with van der Waals surface area (Å²) in [6.45, 7) is 0.765. The molecular weight excluding hydrogens is 164 g/mol. The number of allylic oxidation sites excluding steroid dienone is 3. The third kappa shape index (κ3) is 1.98. The standard InChI is InChI=1S/C7H9ClN2O/c8-6-10-4-2-1-3-7(10)5-9-11/h1-3,5,11H,4,6H2. The van der Waals surface area contributed by atoms with E-state index in [0.29, 0.717) is 6.00 Å². The number of hydrogen-bond donors (Lipinski definition) is 1. The highest BCUT2D eigenvalue weighted by atomic mass is 35.5. The Hall–Kier alpha value is -0.960. The number of oxime groups is 1. The van der Waals surface area contributed by atoms with Crippen LogP contribution in [0.1, 0.15) is 0 Å². The van der Waals surface area contributed by atoms with Crippen molar-refractivity contribution in [2.45, 2.75) is 0 Å². The summed E-state index contributed by atoms with van der Waals surface area (Å²) >= 11 is 5.62. The molecule has 0 spiro atoms. The molecule has 0 saturated heterocycles. The van der Waals surface area contributed by atoms with Gasteiger partial charge < -0.3 is 10.1 Å². The molecule has 0 amide bonds. The van der Waals surface area contributed by atoms with E-state index in [2.05, 4.69) is 5.16 Å². The van der Waals surface area contributed by atoms with Crippen LogP contribution in [-0.2, 0) is 0 Å². The first-order valence-electron chi connectivity index (χ1n) is 3.23. The van der Waals surface area contributed by atoms with E-state index in [9.17, 15) is 0 Å². The molecule has 0 aromatic rings. The summed E-state index contributed by atoms with van der Waals surface area (Å²) in [4.78, 5) is 1.88. The molecule has 1 aliphatic rings. The molecular formula is C7H9ClN2O. The van der Waals surface area contributed by atoms with Crippen LogP contribution >= 0.6 is 11.6 Å². The molecule has 0 aliphatic carbocycles. The summed E-state index contributed by atoms with van der Waals surface area (Å²) in [6, 6.07) is 0.405. The van der Waals surface area contributed by atoms with E-state index in [1.165, 1.54) is 6.21 Å². The van der Waals surface area contributed by atoms with Gasteiger partial charge in [-0.05, 0) is 6.08 Å². The predicted molar refractivity (Wildman–Crippen MR) is 44.9 cm³/mol. The Labute approximate surface area is 70.3 Å². The van der Waals surface area contributed by atoms with Crippen molar-refractivity contribution in [3.8, 4) is 0 Å². The lowest BCUT2D eigenvalue weighted by Crippen LogP contribution is -2.24. The first-order chi connectivity index (χ1) is 5.38. The van der Waals surface area contributed by atoms with Crippen molar-refractivity contribution in [2.75, 3.05) is 12.5 Å². The van der Waals surface area contributed by atoms with Gasteiger partial charge in [-0.2, -0.15) is 0 Å². The van der Waals surface area contributed by atoms with Gasteiger partial charge in [-0.3, -0.25) is 0 Å². The highest BCUT2D eigenvalue weighted by molar-refractivity contribution is 6.17. The van der Waals surface area contributed by atoms with E-state index in [-0.39, 0.29) is 0 Å². The van der Waals surface area contributed by atoms with Crippen LogP contribution < -0.4 is 0 Å². The zero-order valence-corrected chi connectivity index (χ0v) is 6.70. The van der Waals surface area contributed by atoms with E-state index in [4.69, 9.17) is 16.8 Å². The van der Waals surface area contributed by atoms with Gasteiger partial charge in [0, 0.05) is 6.54 Å². The van der Waals surface area contributed by atoms with Gasteiger partial charge in [0.1, 0.15) is 0 Å². The summed E-state index contributed by atoms with van der Waals surface area (Å²) in [6.07, 6.45) is 7.09. The minimum Gasteiger partial charge on any atom is -0.411 e. The molecule has 1 aliphatic heterocycles. The second-order valence-electron chi connectivity index (χ2n) is 2.11. The van der Waals surface area contributed by atoms with Crippen molar-refractivity contribution in [3.63, 3.8) is 0 Å². The number of nitrogens with zero attached hydrogens (tertiary/aromatic N) is 2. The van der Waals surface area contributed by atoms with Crippen LogP contribution in [0.5, 0.6) is 0 Å². The van der Waals surface area contributed by atoms with Gasteiger partial charge in [-0.25, -0.2) is 0 Å². The average molecular weight is 173 g/mol. The SMILES string of the molecule is ON=CC1=CC=CCN1CCl. The topological polar surface area (TPSA) is 35.8 Å². The van der Waals surface area contributed by atoms with Gasteiger partial charge >= 0.3 is 0 Å². The third-order valence-electron chi connectivity index (χ3n) is 1.43. The second kappa shape index (κ2) is 4.03. The van der Waals surface area contributed by atoms with Crippen molar-refractivity contribution in [1.82, 2.24) is 4.90 Å². The first-order valence-corrected chi connectivity index (χ1v) is 3.77. The van der Waals surface area contributed by atoms with Gasteiger partial charge in [0.2, 0.25) is 0 Å². The maximum absolute atomic E-state index is 8.27. The van der Waals surface area contributed by atoms with Crippen LogP contribution in [0.25, 0.3) is 0 Å². The van der Waals surface area contributed by atoms with Crippen LogP contribution in [0.2, 0.25) is 0 Å². The van der Waals surface area contributed by atoms with E-state index >= 15 is 0 Å². The lowest BCUT2D eigenvalue weighted by molar-refractivity contribution is 0.319. The molecule has 0 fully saturated rings. The summed E-state index contributed by atoms with van der Waals surface area (Å²) < 4.78 is 0. The summed E-state index contributed by atoms with van der Waals surface area (Å²) in [5, 5.41) is 11.2. The van der Waals surface area contributed by atoms with Crippen molar-refractivity contribution in [3.05, 3.63) is 23.9 Å². The molecule has 0 aromatic heterocycles. The fraction of sp³-hybridized carbons (Fsp3) is 0.286. The molecule has 0 aromatic carbocycles. The molecule has 1 rings (SSSR count). The Morgan fingerprint density at radius 1 is 1.82 bits per heavy atom. The Kier molecular flexibility index (Phi) is 2.98. The van der Waals surface area contributed by atoms with Crippen LogP contribution in [0.3, 0.4) is 0 Å². The Morgan fingerprint density at radius 3 is 3.27 bits per heavy atom. The maximum atomic E-state index is 8.27. The molecule has 0 radical (unpaired) electrons. The van der Waals surface area contributed by atoms with Crippen molar-refractivity contribution < 1.29 is 5.21 Å². The van der Waals surface area contributed by atoms with Crippen LogP contribution in [-0.4, -0.2) is 28.9 Å². The monoisotopic (exact) mass is 172 g/mol. The molecule has 0 atom stereocenters. The molecule has 0 unspecified atom stereocenters. The predicted octanol–water partition coefficient (Wildman–Crippen LogP) is 1.40. The second-order valence-corrected chi connectivity index (χ2v) is 2.35. The fourth-order valence-electron chi connectivity index (χ4n) is 0.867. The summed E-state index contributed by atoms with van der Waals surface area (Å²) in [5.74, 6) is 0. The number of hydrogen-bond acceptors (Lipinski definition) is 3. The lowest BCUT2D eigenvalue weighted by Gasteiger charge is -2.22. The maximum Gasteiger partial charge on any atom is 0.0932 e. The Morgan fingerprint density at radius 2 is 2.64 bits per heavy atom. The van der Waals surface area contributed by atoms with Crippen LogP contribution in [0.4, 0.5) is 0 Å². The van der Waals surface area contributed by atoms with Crippen molar-refractivity contribution in [2.24, 2.45) is 5.16 Å². The third-order valence-corrected chi connectivity index (χ3v) is 1.72. The molecule has 1 heterocycles.